The predicted octanol–water partition coefficient (Wildman–Crippen LogP) is 9.55. The second kappa shape index (κ2) is 15.8. The molecule has 0 radical (unpaired) electrons. The first-order valence-electron chi connectivity index (χ1n) is 21.8. The van der Waals surface area contributed by atoms with E-state index in [2.05, 4.69) is 125 Å². The van der Waals surface area contributed by atoms with Crippen molar-refractivity contribution >= 4 is 12.2 Å². The van der Waals surface area contributed by atoms with Crippen LogP contribution in [0.5, 0.6) is 0 Å². The van der Waals surface area contributed by atoms with E-state index in [4.69, 9.17) is 0 Å². The van der Waals surface area contributed by atoms with Crippen LogP contribution in [0.15, 0.2) is 96.1 Å². The third kappa shape index (κ3) is 6.44. The monoisotopic (exact) mass is 802 g/mol. The fourth-order valence-electron chi connectivity index (χ4n) is 13.0. The van der Waals surface area contributed by atoms with Crippen LogP contribution >= 0.6 is 0 Å². The van der Waals surface area contributed by atoms with Gasteiger partial charge < -0.3 is 24.8 Å². The third-order valence-electron chi connectivity index (χ3n) is 15.6. The molecule has 286 valence electrons. The molecule has 10 rings (SSSR count). The molecule has 1 aliphatic heterocycles. The number of halogens is 2. The summed E-state index contributed by atoms with van der Waals surface area (Å²) in [5.41, 5.74) is 19.2. The first-order valence-corrected chi connectivity index (χ1v) is 25.4. The molecule has 0 bridgehead atoms. The molecule has 55 heavy (non-hydrogen) atoms. The molecular weight excluding hydrogens is 743 g/mol. The molecule has 4 fully saturated rings. The number of hydrogen-bond acceptors (Lipinski definition) is 0. The number of benzene rings is 4. The summed E-state index contributed by atoms with van der Waals surface area (Å²) in [6, 6.07) is 34.4. The SMILES string of the molecule is CC(C)c1ccc(-c2cccc3c2C=C(C2CCCC2)[CH]3[Ti+2]2([CH]3C(C4CCCC4)=Cc4c(-c5ccc(C(C)C)cc5)cccc43)[CH]3CCCC[CH]32)cc1.[Cl-].[Cl-]. The normalized spacial score (nSPS) is 25.8. The van der Waals surface area contributed by atoms with Crippen LogP contribution in [0.3, 0.4) is 0 Å². The maximum Gasteiger partial charge on any atom is -1.00 e. The van der Waals surface area contributed by atoms with E-state index >= 15 is 0 Å². The zero-order chi connectivity index (χ0) is 35.8. The molecule has 1 saturated heterocycles. The Hall–Kier alpha value is -2.35. The maximum atomic E-state index is 2.83. The zero-order valence-electron chi connectivity index (χ0n) is 33.6. The summed E-state index contributed by atoms with van der Waals surface area (Å²) in [6.45, 7) is 9.27. The van der Waals surface area contributed by atoms with Crippen molar-refractivity contribution in [2.45, 2.75) is 133 Å². The quantitative estimate of drug-likeness (QED) is 0.156. The van der Waals surface area contributed by atoms with Crippen molar-refractivity contribution in [3.8, 4) is 22.3 Å². The summed E-state index contributed by atoms with van der Waals surface area (Å²) in [6.07, 6.45) is 22.9. The van der Waals surface area contributed by atoms with Gasteiger partial charge in [-0.05, 0) is 0 Å². The summed E-state index contributed by atoms with van der Waals surface area (Å²) in [5, 5.41) is 0. The van der Waals surface area contributed by atoms with Gasteiger partial charge in [-0.1, -0.05) is 0 Å². The number of rotatable bonds is 8. The number of allylic oxidation sites excluding steroid dienone is 2. The van der Waals surface area contributed by atoms with Crippen molar-refractivity contribution < 1.29 is 41.4 Å². The zero-order valence-corrected chi connectivity index (χ0v) is 36.7. The summed E-state index contributed by atoms with van der Waals surface area (Å²) < 4.78 is 3.44. The van der Waals surface area contributed by atoms with Crippen molar-refractivity contribution in [3.63, 3.8) is 0 Å². The minimum atomic E-state index is -2.77. The minimum absolute atomic E-state index is 0. The molecule has 3 saturated carbocycles. The Morgan fingerprint density at radius 1 is 0.455 bits per heavy atom. The standard InChI is InChI=1S/2C23H25.C6H10.2ClH.Ti/c2*1-16(2)17-10-12-19(13-11-17)22-9-5-8-20-14-21(15-23(20)22)18-6-3-4-7-18;1-2-4-6-5-3-1;;;/h2*5,8-16,18H,3-4,6-7H2,1-2H3;1-2H,3-6H2;2*1H;/q;;;;;+2/p-2. The van der Waals surface area contributed by atoms with Crippen LogP contribution in [-0.4, -0.2) is 0 Å². The van der Waals surface area contributed by atoms with Gasteiger partial charge in [0.15, 0.2) is 0 Å². The van der Waals surface area contributed by atoms with E-state index in [9.17, 15) is 0 Å². The summed E-state index contributed by atoms with van der Waals surface area (Å²) in [4.78, 5) is 0. The second-order valence-corrected chi connectivity index (χ2v) is 26.0. The van der Waals surface area contributed by atoms with Gasteiger partial charge in [0.1, 0.15) is 0 Å². The number of hydrogen-bond donors (Lipinski definition) is 0. The first-order chi connectivity index (χ1) is 25.9. The van der Waals surface area contributed by atoms with E-state index in [1.807, 2.05) is 11.1 Å². The molecule has 1 heterocycles. The third-order valence-corrected chi connectivity index (χ3v) is 26.3. The van der Waals surface area contributed by atoms with E-state index < -0.39 is 16.6 Å². The molecule has 4 atom stereocenters. The first kappa shape index (κ1) is 39.5. The van der Waals surface area contributed by atoms with E-state index in [-0.39, 0.29) is 24.8 Å². The van der Waals surface area contributed by atoms with Gasteiger partial charge in [-0.25, -0.2) is 0 Å². The molecule has 4 unspecified atom stereocenters. The largest absolute Gasteiger partial charge is 1.00 e. The summed E-state index contributed by atoms with van der Waals surface area (Å²) in [5.74, 6) is 2.68. The van der Waals surface area contributed by atoms with E-state index in [0.717, 1.165) is 20.3 Å². The van der Waals surface area contributed by atoms with Crippen molar-refractivity contribution in [1.82, 2.24) is 0 Å². The molecule has 0 nitrogen and oxygen atoms in total. The van der Waals surface area contributed by atoms with E-state index in [0.29, 0.717) is 20.3 Å². The molecule has 0 aromatic heterocycles. The van der Waals surface area contributed by atoms with E-state index in [1.54, 1.807) is 22.3 Å². The van der Waals surface area contributed by atoms with Crippen LogP contribution < -0.4 is 24.8 Å². The fraction of sp³-hybridized carbons (Fsp3) is 0.462. The average Bonchev–Trinajstić information content (AvgIpc) is 3.86. The Morgan fingerprint density at radius 3 is 1.18 bits per heavy atom. The second-order valence-electron chi connectivity index (χ2n) is 18.8. The minimum Gasteiger partial charge on any atom is -1.00 e. The Bertz CT molecular complexity index is 1920. The Kier molecular flexibility index (Phi) is 11.3. The van der Waals surface area contributed by atoms with Crippen LogP contribution in [-0.2, 0) is 16.6 Å². The molecule has 0 N–H and O–H groups in total. The predicted molar refractivity (Wildman–Crippen MR) is 223 cm³/mol. The topological polar surface area (TPSA) is 0 Å². The molecule has 0 spiro atoms. The van der Waals surface area contributed by atoms with Crippen LogP contribution in [0.2, 0.25) is 8.45 Å². The smallest absolute Gasteiger partial charge is 1.00 e. The summed E-state index contributed by atoms with van der Waals surface area (Å²) >= 11 is -2.77. The number of fused-ring (bicyclic) bond motifs is 3. The van der Waals surface area contributed by atoms with Crippen molar-refractivity contribution in [2.75, 3.05) is 0 Å². The van der Waals surface area contributed by atoms with Gasteiger partial charge in [0, 0.05) is 0 Å². The van der Waals surface area contributed by atoms with Gasteiger partial charge in [-0.15, -0.1) is 0 Å². The molecule has 4 aromatic carbocycles. The molecule has 0 amide bonds. The van der Waals surface area contributed by atoms with Crippen LogP contribution in [0.1, 0.15) is 158 Å². The van der Waals surface area contributed by atoms with Crippen molar-refractivity contribution in [1.29, 1.82) is 0 Å². The van der Waals surface area contributed by atoms with Crippen molar-refractivity contribution in [2.24, 2.45) is 11.8 Å². The van der Waals surface area contributed by atoms with Gasteiger partial charge in [0.25, 0.3) is 0 Å². The van der Waals surface area contributed by atoms with Gasteiger partial charge in [-0.3, -0.25) is 0 Å². The average molecular weight is 804 g/mol. The Labute approximate surface area is 348 Å². The molecule has 5 aliphatic carbocycles. The van der Waals surface area contributed by atoms with Crippen LogP contribution in [0.4, 0.5) is 0 Å². The Morgan fingerprint density at radius 2 is 0.818 bits per heavy atom. The van der Waals surface area contributed by atoms with Gasteiger partial charge in [0.2, 0.25) is 0 Å². The summed E-state index contributed by atoms with van der Waals surface area (Å²) in [7, 11) is 0. The van der Waals surface area contributed by atoms with E-state index in [1.165, 1.54) is 110 Å². The van der Waals surface area contributed by atoms with Crippen molar-refractivity contribution in [3.05, 3.63) is 129 Å². The van der Waals surface area contributed by atoms with Crippen LogP contribution in [0.25, 0.3) is 34.4 Å². The van der Waals surface area contributed by atoms with Crippen LogP contribution in [0, 0.1) is 11.8 Å². The molecular formula is C52H60Cl2Ti. The molecule has 3 heteroatoms. The van der Waals surface area contributed by atoms with Gasteiger partial charge in [-0.2, -0.15) is 0 Å². The molecule has 4 aromatic rings. The maximum absolute atomic E-state index is 2.83. The van der Waals surface area contributed by atoms with Gasteiger partial charge in [0.05, 0.1) is 0 Å². The van der Waals surface area contributed by atoms with Gasteiger partial charge >= 0.3 is 326 Å². The molecule has 6 aliphatic rings. The fourth-order valence-corrected chi connectivity index (χ4v) is 27.3. The Balaban J connectivity index is 0.00000214.